The van der Waals surface area contributed by atoms with Crippen molar-refractivity contribution < 1.29 is 9.15 Å². The van der Waals surface area contributed by atoms with Gasteiger partial charge in [-0.1, -0.05) is 30.3 Å². The third-order valence-electron chi connectivity index (χ3n) is 5.46. The van der Waals surface area contributed by atoms with Crippen LogP contribution in [-0.2, 0) is 0 Å². The van der Waals surface area contributed by atoms with E-state index in [2.05, 4.69) is 11.0 Å². The predicted molar refractivity (Wildman–Crippen MR) is 111 cm³/mol. The second kappa shape index (κ2) is 7.24. The molecule has 2 aromatic carbocycles. The lowest BCUT2D eigenvalue weighted by Crippen LogP contribution is -2.25. The van der Waals surface area contributed by atoms with Gasteiger partial charge in [0.15, 0.2) is 11.6 Å². The summed E-state index contributed by atoms with van der Waals surface area (Å²) in [5.41, 5.74) is 2.76. The first kappa shape index (κ1) is 17.2. The fourth-order valence-corrected chi connectivity index (χ4v) is 3.92. The highest BCUT2D eigenvalue weighted by Crippen LogP contribution is 2.33. The molecule has 3 heterocycles. The second-order valence-corrected chi connectivity index (χ2v) is 7.32. The highest BCUT2D eigenvalue weighted by molar-refractivity contribution is 5.89. The number of nitrogens with zero attached hydrogens (tertiary/aromatic N) is 3. The van der Waals surface area contributed by atoms with Crippen LogP contribution in [0.4, 0.5) is 0 Å². The van der Waals surface area contributed by atoms with E-state index >= 15 is 0 Å². The average molecular weight is 373 g/mol. The minimum atomic E-state index is 0.573. The van der Waals surface area contributed by atoms with Gasteiger partial charge in [-0.3, -0.25) is 4.90 Å². The molecule has 0 atom stereocenters. The van der Waals surface area contributed by atoms with Crippen molar-refractivity contribution in [3.63, 3.8) is 0 Å². The summed E-state index contributed by atoms with van der Waals surface area (Å²) >= 11 is 0. The molecule has 0 spiro atoms. The van der Waals surface area contributed by atoms with Gasteiger partial charge in [0, 0.05) is 17.5 Å². The molecule has 0 radical (unpaired) electrons. The smallest absolute Gasteiger partial charge is 0.225 e. The summed E-state index contributed by atoms with van der Waals surface area (Å²) in [6.45, 7) is 5.93. The molecular formula is C23H23N3O2. The molecule has 1 aliphatic heterocycles. The third kappa shape index (κ3) is 3.12. The Morgan fingerprint density at radius 2 is 1.71 bits per heavy atom. The monoisotopic (exact) mass is 373 g/mol. The van der Waals surface area contributed by atoms with E-state index in [4.69, 9.17) is 19.1 Å². The molecule has 0 amide bonds. The SMILES string of the molecule is Cc1c(-c2nc(OCCN3CCCC3)c3ccccc3n2)oc2ccccc12. The number of likely N-dealkylation sites (tertiary alicyclic amines) is 1. The highest BCUT2D eigenvalue weighted by atomic mass is 16.5. The molecule has 2 aromatic heterocycles. The predicted octanol–water partition coefficient (Wildman–Crippen LogP) is 4.83. The first-order valence-corrected chi connectivity index (χ1v) is 9.90. The number of furan rings is 1. The van der Waals surface area contributed by atoms with Crippen LogP contribution < -0.4 is 4.74 Å². The molecule has 142 valence electrons. The molecule has 0 aliphatic carbocycles. The summed E-state index contributed by atoms with van der Waals surface area (Å²) in [4.78, 5) is 11.9. The molecule has 4 aromatic rings. The number of fused-ring (bicyclic) bond motifs is 2. The summed E-state index contributed by atoms with van der Waals surface area (Å²) in [6, 6.07) is 16.0. The van der Waals surface area contributed by atoms with E-state index in [0.717, 1.165) is 47.1 Å². The summed E-state index contributed by atoms with van der Waals surface area (Å²) in [5, 5.41) is 2.02. The number of aryl methyl sites for hydroxylation is 1. The summed E-state index contributed by atoms with van der Waals surface area (Å²) < 4.78 is 12.2. The van der Waals surface area contributed by atoms with E-state index < -0.39 is 0 Å². The number of ether oxygens (including phenoxy) is 1. The van der Waals surface area contributed by atoms with Crippen LogP contribution in [0.15, 0.2) is 52.9 Å². The van der Waals surface area contributed by atoms with Gasteiger partial charge in [-0.25, -0.2) is 4.98 Å². The quantitative estimate of drug-likeness (QED) is 0.502. The molecule has 1 fully saturated rings. The standard InChI is InChI=1S/C23H23N3O2/c1-16-17-8-3-5-11-20(17)28-21(16)22-24-19-10-4-2-9-18(19)23(25-22)27-15-14-26-12-6-7-13-26/h2-5,8-11H,6-7,12-15H2,1H3. The molecule has 0 saturated carbocycles. The molecule has 0 N–H and O–H groups in total. The van der Waals surface area contributed by atoms with Crippen LogP contribution in [0.1, 0.15) is 18.4 Å². The molecule has 0 unspecified atom stereocenters. The maximum Gasteiger partial charge on any atom is 0.225 e. The van der Waals surface area contributed by atoms with Crippen LogP contribution in [0.3, 0.4) is 0 Å². The van der Waals surface area contributed by atoms with Crippen LogP contribution >= 0.6 is 0 Å². The van der Waals surface area contributed by atoms with E-state index in [-0.39, 0.29) is 0 Å². The van der Waals surface area contributed by atoms with Crippen molar-refractivity contribution in [1.82, 2.24) is 14.9 Å². The van der Waals surface area contributed by atoms with Crippen molar-refractivity contribution in [3.8, 4) is 17.5 Å². The Kier molecular flexibility index (Phi) is 4.45. The number of rotatable bonds is 5. The maximum absolute atomic E-state index is 6.12. The third-order valence-corrected chi connectivity index (χ3v) is 5.46. The fourth-order valence-electron chi connectivity index (χ4n) is 3.92. The van der Waals surface area contributed by atoms with Crippen molar-refractivity contribution in [2.45, 2.75) is 19.8 Å². The minimum absolute atomic E-state index is 0.573. The van der Waals surface area contributed by atoms with Crippen molar-refractivity contribution >= 4 is 21.9 Å². The Balaban J connectivity index is 1.52. The number of hydrogen-bond donors (Lipinski definition) is 0. The molecule has 5 nitrogen and oxygen atoms in total. The molecule has 5 heteroatoms. The first-order chi connectivity index (χ1) is 13.8. The maximum atomic E-state index is 6.12. The van der Waals surface area contributed by atoms with Crippen LogP contribution in [0, 0.1) is 6.92 Å². The van der Waals surface area contributed by atoms with Gasteiger partial charge in [0.2, 0.25) is 5.88 Å². The van der Waals surface area contributed by atoms with Gasteiger partial charge in [-0.05, 0) is 51.1 Å². The zero-order valence-electron chi connectivity index (χ0n) is 16.0. The van der Waals surface area contributed by atoms with Gasteiger partial charge >= 0.3 is 0 Å². The molecule has 1 aliphatic rings. The summed E-state index contributed by atoms with van der Waals surface area (Å²) in [5.74, 6) is 1.90. The molecule has 0 bridgehead atoms. The van der Waals surface area contributed by atoms with Crippen LogP contribution in [0.2, 0.25) is 0 Å². The van der Waals surface area contributed by atoms with Crippen molar-refractivity contribution in [3.05, 3.63) is 54.1 Å². The molecular weight excluding hydrogens is 350 g/mol. The Morgan fingerprint density at radius 3 is 2.54 bits per heavy atom. The number of hydrogen-bond acceptors (Lipinski definition) is 5. The molecule has 28 heavy (non-hydrogen) atoms. The van der Waals surface area contributed by atoms with E-state index in [1.54, 1.807) is 0 Å². The van der Waals surface area contributed by atoms with Crippen LogP contribution in [0.5, 0.6) is 5.88 Å². The Labute approximate surface area is 164 Å². The zero-order valence-corrected chi connectivity index (χ0v) is 16.0. The topological polar surface area (TPSA) is 51.4 Å². The van der Waals surface area contributed by atoms with Crippen LogP contribution in [-0.4, -0.2) is 41.1 Å². The Bertz CT molecular complexity index is 1130. The Hall–Kier alpha value is -2.92. The fraction of sp³-hybridized carbons (Fsp3) is 0.304. The minimum Gasteiger partial charge on any atom is -0.476 e. The summed E-state index contributed by atoms with van der Waals surface area (Å²) in [6.07, 6.45) is 2.57. The zero-order chi connectivity index (χ0) is 18.9. The average Bonchev–Trinajstić information content (AvgIpc) is 3.36. The van der Waals surface area contributed by atoms with E-state index in [0.29, 0.717) is 24.1 Å². The number of aromatic nitrogens is 2. The highest BCUT2D eigenvalue weighted by Gasteiger charge is 2.18. The lowest BCUT2D eigenvalue weighted by molar-refractivity contribution is 0.234. The lowest BCUT2D eigenvalue weighted by Gasteiger charge is -2.15. The van der Waals surface area contributed by atoms with Crippen molar-refractivity contribution in [2.24, 2.45) is 0 Å². The van der Waals surface area contributed by atoms with Gasteiger partial charge < -0.3 is 9.15 Å². The van der Waals surface area contributed by atoms with E-state index in [9.17, 15) is 0 Å². The first-order valence-electron chi connectivity index (χ1n) is 9.90. The van der Waals surface area contributed by atoms with Gasteiger partial charge in [0.1, 0.15) is 12.2 Å². The second-order valence-electron chi connectivity index (χ2n) is 7.32. The number of benzene rings is 2. The van der Waals surface area contributed by atoms with E-state index in [1.807, 2.05) is 49.4 Å². The van der Waals surface area contributed by atoms with Gasteiger partial charge in [-0.2, -0.15) is 4.98 Å². The number of para-hydroxylation sites is 2. The van der Waals surface area contributed by atoms with Gasteiger partial charge in [-0.15, -0.1) is 0 Å². The molecule has 5 rings (SSSR count). The van der Waals surface area contributed by atoms with Crippen molar-refractivity contribution in [1.29, 1.82) is 0 Å². The largest absolute Gasteiger partial charge is 0.476 e. The molecule has 1 saturated heterocycles. The lowest BCUT2D eigenvalue weighted by atomic mass is 10.1. The van der Waals surface area contributed by atoms with Crippen LogP contribution in [0.25, 0.3) is 33.5 Å². The van der Waals surface area contributed by atoms with Gasteiger partial charge in [0.05, 0.1) is 10.9 Å². The van der Waals surface area contributed by atoms with Gasteiger partial charge in [0.25, 0.3) is 0 Å². The van der Waals surface area contributed by atoms with Crippen molar-refractivity contribution in [2.75, 3.05) is 26.2 Å². The summed E-state index contributed by atoms with van der Waals surface area (Å²) in [7, 11) is 0. The Morgan fingerprint density at radius 1 is 0.964 bits per heavy atom. The van der Waals surface area contributed by atoms with E-state index in [1.165, 1.54) is 12.8 Å². The normalized spacial score (nSPS) is 14.9.